The molecule has 1 aromatic rings. The predicted molar refractivity (Wildman–Crippen MR) is 90.8 cm³/mol. The molecule has 112 valence electrons. The zero-order chi connectivity index (χ0) is 15.7. The summed E-state index contributed by atoms with van der Waals surface area (Å²) in [5, 5.41) is 0.493. The van der Waals surface area contributed by atoms with Gasteiger partial charge in [-0.3, -0.25) is 0 Å². The minimum atomic E-state index is 0.0124. The van der Waals surface area contributed by atoms with E-state index >= 15 is 0 Å². The number of nitrogens with zero attached hydrogens (tertiary/aromatic N) is 1. The Morgan fingerprint density at radius 1 is 0.950 bits per heavy atom. The van der Waals surface area contributed by atoms with Crippen molar-refractivity contribution in [3.05, 3.63) is 29.3 Å². The summed E-state index contributed by atoms with van der Waals surface area (Å²) in [6, 6.07) is 6.36. The lowest BCUT2D eigenvalue weighted by molar-refractivity contribution is 0.419. The maximum absolute atomic E-state index is 6.05. The second-order valence-electron chi connectivity index (χ2n) is 7.44. The predicted octanol–water partition coefficient (Wildman–Crippen LogP) is 4.51. The van der Waals surface area contributed by atoms with Crippen molar-refractivity contribution in [2.45, 2.75) is 52.4 Å². The summed E-state index contributed by atoms with van der Waals surface area (Å²) in [6.45, 7) is 13.2. The molecule has 1 rings (SSSR count). The first-order valence-corrected chi connectivity index (χ1v) is 7.38. The lowest BCUT2D eigenvalue weighted by Crippen LogP contribution is -2.28. The molecule has 0 amide bonds. The first kappa shape index (κ1) is 17.0. The molecule has 20 heavy (non-hydrogen) atoms. The van der Waals surface area contributed by atoms with E-state index in [-0.39, 0.29) is 10.8 Å². The van der Waals surface area contributed by atoms with Gasteiger partial charge in [0.2, 0.25) is 0 Å². The van der Waals surface area contributed by atoms with E-state index in [0.29, 0.717) is 5.17 Å². The van der Waals surface area contributed by atoms with E-state index in [1.54, 1.807) is 0 Å². The van der Waals surface area contributed by atoms with Crippen molar-refractivity contribution in [1.82, 2.24) is 4.90 Å². The molecular weight excluding hydrogens is 266 g/mol. The average Bonchev–Trinajstić information content (AvgIpc) is 2.25. The second-order valence-corrected chi connectivity index (χ2v) is 7.79. The molecule has 0 aliphatic heterocycles. The third-order valence-electron chi connectivity index (χ3n) is 3.19. The van der Waals surface area contributed by atoms with Crippen LogP contribution >= 0.6 is 12.2 Å². The second kappa shape index (κ2) is 5.72. The van der Waals surface area contributed by atoms with Gasteiger partial charge in [0.05, 0.1) is 0 Å². The van der Waals surface area contributed by atoms with Crippen molar-refractivity contribution < 1.29 is 4.74 Å². The maximum Gasteiger partial charge on any atom is 0.264 e. The third kappa shape index (κ3) is 3.95. The number of rotatable bonds is 1. The van der Waals surface area contributed by atoms with E-state index in [4.69, 9.17) is 17.0 Å². The monoisotopic (exact) mass is 293 g/mol. The van der Waals surface area contributed by atoms with Gasteiger partial charge >= 0.3 is 0 Å². The molecule has 0 N–H and O–H groups in total. The lowest BCUT2D eigenvalue weighted by atomic mass is 9.79. The van der Waals surface area contributed by atoms with Gasteiger partial charge in [-0.15, -0.1) is 0 Å². The van der Waals surface area contributed by atoms with Crippen molar-refractivity contribution in [2.24, 2.45) is 0 Å². The Bertz CT molecular complexity index is 460. The summed E-state index contributed by atoms with van der Waals surface area (Å²) in [4.78, 5) is 1.82. The molecule has 1 aromatic carbocycles. The first-order valence-electron chi connectivity index (χ1n) is 6.97. The van der Waals surface area contributed by atoms with Crippen LogP contribution < -0.4 is 4.74 Å². The summed E-state index contributed by atoms with van der Waals surface area (Å²) < 4.78 is 6.05. The summed E-state index contributed by atoms with van der Waals surface area (Å²) >= 11 is 5.33. The number of benzene rings is 1. The molecule has 0 fully saturated rings. The molecule has 0 saturated heterocycles. The normalized spacial score (nSPS) is 12.2. The van der Waals surface area contributed by atoms with Crippen molar-refractivity contribution in [1.29, 1.82) is 0 Å². The van der Waals surface area contributed by atoms with Gasteiger partial charge in [0.1, 0.15) is 5.75 Å². The topological polar surface area (TPSA) is 12.5 Å². The molecule has 3 heteroatoms. The fourth-order valence-corrected chi connectivity index (χ4v) is 2.09. The molecule has 0 aliphatic rings. The highest BCUT2D eigenvalue weighted by Gasteiger charge is 2.27. The molecule has 0 spiro atoms. The average molecular weight is 293 g/mol. The Morgan fingerprint density at radius 3 is 1.65 bits per heavy atom. The van der Waals surface area contributed by atoms with Gasteiger partial charge in [-0.25, -0.2) is 0 Å². The number of ether oxygens (including phenoxy) is 1. The number of hydrogen-bond acceptors (Lipinski definition) is 2. The van der Waals surface area contributed by atoms with E-state index < -0.39 is 0 Å². The standard InChI is InChI=1S/C17H27NOS/c1-16(2,3)12-10-9-11-13(17(4,5)6)14(12)19-15(20)18(7)8/h9-11H,1-8H3. The Kier molecular flexibility index (Phi) is 4.86. The van der Waals surface area contributed by atoms with Crippen LogP contribution in [0.3, 0.4) is 0 Å². The SMILES string of the molecule is CN(C)C(=S)Oc1c(C(C)(C)C)cccc1C(C)(C)C. The van der Waals surface area contributed by atoms with E-state index in [1.165, 1.54) is 11.1 Å². The van der Waals surface area contributed by atoms with Gasteiger partial charge in [0.15, 0.2) is 0 Å². The Morgan fingerprint density at radius 2 is 1.35 bits per heavy atom. The minimum Gasteiger partial charge on any atom is -0.431 e. The molecule has 0 unspecified atom stereocenters. The van der Waals surface area contributed by atoms with Crippen LogP contribution in [0.2, 0.25) is 0 Å². The lowest BCUT2D eigenvalue weighted by Gasteiger charge is -2.30. The first-order chi connectivity index (χ1) is 8.94. The number of para-hydroxylation sites is 1. The fraction of sp³-hybridized carbons (Fsp3) is 0.588. The minimum absolute atomic E-state index is 0.0124. The highest BCUT2D eigenvalue weighted by molar-refractivity contribution is 7.80. The summed E-state index contributed by atoms with van der Waals surface area (Å²) in [7, 11) is 3.80. The quantitative estimate of drug-likeness (QED) is 0.707. The van der Waals surface area contributed by atoms with Gasteiger partial charge in [0, 0.05) is 25.2 Å². The van der Waals surface area contributed by atoms with Crippen LogP contribution in [0.1, 0.15) is 52.7 Å². The molecule has 0 bridgehead atoms. The zero-order valence-electron chi connectivity index (χ0n) is 14.0. The van der Waals surface area contributed by atoms with Crippen molar-refractivity contribution in [3.63, 3.8) is 0 Å². The fourth-order valence-electron chi connectivity index (χ4n) is 2.01. The molecule has 0 aromatic heterocycles. The van der Waals surface area contributed by atoms with Crippen molar-refractivity contribution in [2.75, 3.05) is 14.1 Å². The number of thiocarbonyl (C=S) groups is 1. The van der Waals surface area contributed by atoms with Crippen LogP contribution in [0.5, 0.6) is 5.75 Å². The van der Waals surface area contributed by atoms with E-state index in [1.807, 2.05) is 19.0 Å². The summed E-state index contributed by atoms with van der Waals surface area (Å²) in [6.07, 6.45) is 0. The van der Waals surface area contributed by atoms with Crippen LogP contribution in [-0.4, -0.2) is 24.2 Å². The van der Waals surface area contributed by atoms with Gasteiger partial charge < -0.3 is 9.64 Å². The van der Waals surface area contributed by atoms with Gasteiger partial charge in [-0.05, 0) is 23.0 Å². The van der Waals surface area contributed by atoms with Crippen LogP contribution in [0, 0.1) is 0 Å². The van der Waals surface area contributed by atoms with Gasteiger partial charge in [0.25, 0.3) is 5.17 Å². The maximum atomic E-state index is 6.05. The van der Waals surface area contributed by atoms with Crippen LogP contribution in [-0.2, 0) is 10.8 Å². The third-order valence-corrected chi connectivity index (χ3v) is 3.63. The zero-order valence-corrected chi connectivity index (χ0v) is 14.8. The molecule has 0 heterocycles. The molecule has 2 nitrogen and oxygen atoms in total. The Hall–Kier alpha value is -1.09. The highest BCUT2D eigenvalue weighted by Crippen LogP contribution is 2.39. The molecule has 0 atom stereocenters. The van der Waals surface area contributed by atoms with Crippen LogP contribution in [0.4, 0.5) is 0 Å². The smallest absolute Gasteiger partial charge is 0.264 e. The van der Waals surface area contributed by atoms with Gasteiger partial charge in [-0.2, -0.15) is 0 Å². The van der Waals surface area contributed by atoms with E-state index in [9.17, 15) is 0 Å². The molecule has 0 saturated carbocycles. The van der Waals surface area contributed by atoms with E-state index in [0.717, 1.165) is 5.75 Å². The molecular formula is C17H27NOS. The van der Waals surface area contributed by atoms with Crippen LogP contribution in [0.25, 0.3) is 0 Å². The molecule has 0 aliphatic carbocycles. The van der Waals surface area contributed by atoms with Crippen LogP contribution in [0.15, 0.2) is 18.2 Å². The van der Waals surface area contributed by atoms with Gasteiger partial charge in [-0.1, -0.05) is 59.7 Å². The molecule has 0 radical (unpaired) electrons. The summed E-state index contributed by atoms with van der Waals surface area (Å²) in [5.74, 6) is 0.909. The highest BCUT2D eigenvalue weighted by atomic mass is 32.1. The van der Waals surface area contributed by atoms with E-state index in [2.05, 4.69) is 59.7 Å². The summed E-state index contributed by atoms with van der Waals surface area (Å²) in [5.41, 5.74) is 2.40. The Labute approximate surface area is 129 Å². The largest absolute Gasteiger partial charge is 0.431 e. The Balaban J connectivity index is 3.45. The van der Waals surface area contributed by atoms with Crippen molar-refractivity contribution in [3.8, 4) is 5.75 Å². The van der Waals surface area contributed by atoms with Crippen molar-refractivity contribution >= 4 is 17.4 Å². The number of hydrogen-bond donors (Lipinski definition) is 0.